The van der Waals surface area contributed by atoms with Crippen molar-refractivity contribution in [3.8, 4) is 0 Å². The lowest BCUT2D eigenvalue weighted by molar-refractivity contribution is 0.0941. The maximum atomic E-state index is 12.5. The molecule has 3 heterocycles. The van der Waals surface area contributed by atoms with Crippen LogP contribution in [0.4, 0.5) is 5.82 Å². The molecule has 2 aliphatic rings. The lowest BCUT2D eigenvalue weighted by Crippen LogP contribution is -2.32. The minimum absolute atomic E-state index is 0.0222. The summed E-state index contributed by atoms with van der Waals surface area (Å²) in [5.41, 5.74) is 4.29. The first-order valence-electron chi connectivity index (χ1n) is 10.5. The number of aromatic nitrogens is 4. The van der Waals surface area contributed by atoms with E-state index in [1.54, 1.807) is 12.5 Å². The standard InChI is InChI=1S/C21H30N6O/c1-14(2)26-21(28)17-12-25-27-9-8-15(10-19(17)27)11-22-20-16-6-4-3-5-7-18(16)23-13-24-20/h12-15H,3-11H2,1-2H3,(H,26,28)(H,22,23,24). The Labute approximate surface area is 166 Å². The van der Waals surface area contributed by atoms with E-state index in [1.807, 2.05) is 18.5 Å². The van der Waals surface area contributed by atoms with Gasteiger partial charge in [0.25, 0.3) is 5.91 Å². The van der Waals surface area contributed by atoms with Gasteiger partial charge in [0.2, 0.25) is 0 Å². The van der Waals surface area contributed by atoms with Gasteiger partial charge in [0, 0.05) is 30.4 Å². The van der Waals surface area contributed by atoms with Crippen LogP contribution in [-0.4, -0.2) is 38.2 Å². The van der Waals surface area contributed by atoms with Gasteiger partial charge >= 0.3 is 0 Å². The minimum Gasteiger partial charge on any atom is -0.369 e. The Morgan fingerprint density at radius 1 is 1.25 bits per heavy atom. The number of hydrogen-bond acceptors (Lipinski definition) is 5. The highest BCUT2D eigenvalue weighted by Crippen LogP contribution is 2.26. The summed E-state index contributed by atoms with van der Waals surface area (Å²) >= 11 is 0. The van der Waals surface area contributed by atoms with E-state index in [-0.39, 0.29) is 11.9 Å². The Morgan fingerprint density at radius 2 is 2.11 bits per heavy atom. The third-order valence-corrected chi connectivity index (χ3v) is 5.78. The average Bonchev–Trinajstić information content (AvgIpc) is 2.94. The number of amides is 1. The molecule has 1 aliphatic carbocycles. The molecular weight excluding hydrogens is 352 g/mol. The maximum absolute atomic E-state index is 12.5. The molecule has 1 amide bonds. The van der Waals surface area contributed by atoms with E-state index < -0.39 is 0 Å². The van der Waals surface area contributed by atoms with Gasteiger partial charge in [-0.3, -0.25) is 9.48 Å². The first-order chi connectivity index (χ1) is 13.6. The second kappa shape index (κ2) is 8.29. The van der Waals surface area contributed by atoms with Crippen LogP contribution in [0.15, 0.2) is 12.5 Å². The number of hydrogen-bond donors (Lipinski definition) is 2. The van der Waals surface area contributed by atoms with Gasteiger partial charge in [-0.05, 0) is 58.3 Å². The smallest absolute Gasteiger partial charge is 0.254 e. The topological polar surface area (TPSA) is 84.7 Å². The van der Waals surface area contributed by atoms with Gasteiger partial charge in [0.1, 0.15) is 12.1 Å². The highest BCUT2D eigenvalue weighted by atomic mass is 16.1. The van der Waals surface area contributed by atoms with Crippen molar-refractivity contribution in [2.24, 2.45) is 5.92 Å². The SMILES string of the molecule is CC(C)NC(=O)c1cnn2c1CC(CNc1ncnc3c1CCCCC3)CC2. The summed E-state index contributed by atoms with van der Waals surface area (Å²) in [4.78, 5) is 21.5. The third-order valence-electron chi connectivity index (χ3n) is 5.78. The molecule has 2 N–H and O–H groups in total. The van der Waals surface area contributed by atoms with E-state index in [0.717, 1.165) is 50.3 Å². The van der Waals surface area contributed by atoms with E-state index in [1.165, 1.54) is 30.5 Å². The molecule has 0 fully saturated rings. The molecule has 0 bridgehead atoms. The van der Waals surface area contributed by atoms with Gasteiger partial charge in [-0.25, -0.2) is 9.97 Å². The van der Waals surface area contributed by atoms with E-state index in [2.05, 4.69) is 25.7 Å². The van der Waals surface area contributed by atoms with E-state index >= 15 is 0 Å². The van der Waals surface area contributed by atoms with Crippen LogP contribution in [0.1, 0.15) is 66.8 Å². The maximum Gasteiger partial charge on any atom is 0.254 e. The zero-order valence-electron chi connectivity index (χ0n) is 16.9. The monoisotopic (exact) mass is 382 g/mol. The Hall–Kier alpha value is -2.44. The van der Waals surface area contributed by atoms with Gasteiger partial charge in [0.05, 0.1) is 17.5 Å². The molecular formula is C21H30N6O. The quantitative estimate of drug-likeness (QED) is 0.777. The van der Waals surface area contributed by atoms with Crippen molar-refractivity contribution in [1.82, 2.24) is 25.1 Å². The number of carbonyl (C=O) groups excluding carboxylic acids is 1. The molecule has 0 aromatic carbocycles. The Balaban J connectivity index is 1.43. The molecule has 150 valence electrons. The van der Waals surface area contributed by atoms with E-state index in [0.29, 0.717) is 11.5 Å². The number of fused-ring (bicyclic) bond motifs is 2. The lowest BCUT2D eigenvalue weighted by Gasteiger charge is -2.25. The highest BCUT2D eigenvalue weighted by Gasteiger charge is 2.26. The second-order valence-corrected chi connectivity index (χ2v) is 8.30. The van der Waals surface area contributed by atoms with Crippen molar-refractivity contribution in [2.45, 2.75) is 71.4 Å². The molecule has 0 spiro atoms. The van der Waals surface area contributed by atoms with Crippen LogP contribution in [0.5, 0.6) is 0 Å². The second-order valence-electron chi connectivity index (χ2n) is 8.30. The summed E-state index contributed by atoms with van der Waals surface area (Å²) < 4.78 is 1.99. The fourth-order valence-corrected chi connectivity index (χ4v) is 4.29. The Kier molecular flexibility index (Phi) is 5.59. The van der Waals surface area contributed by atoms with E-state index in [9.17, 15) is 4.79 Å². The fourth-order valence-electron chi connectivity index (χ4n) is 4.29. The zero-order chi connectivity index (χ0) is 19.5. The average molecular weight is 383 g/mol. The number of carbonyl (C=O) groups is 1. The fraction of sp³-hybridized carbons (Fsp3) is 0.619. The van der Waals surface area contributed by atoms with Gasteiger partial charge in [-0.2, -0.15) is 5.10 Å². The summed E-state index contributed by atoms with van der Waals surface area (Å²) in [7, 11) is 0. The summed E-state index contributed by atoms with van der Waals surface area (Å²) in [6.45, 7) is 5.68. The first-order valence-corrected chi connectivity index (χ1v) is 10.5. The molecule has 1 unspecified atom stereocenters. The molecule has 1 aliphatic heterocycles. The minimum atomic E-state index is -0.0222. The van der Waals surface area contributed by atoms with Crippen LogP contribution in [-0.2, 0) is 25.8 Å². The van der Waals surface area contributed by atoms with Crippen LogP contribution in [0, 0.1) is 5.92 Å². The summed E-state index contributed by atoms with van der Waals surface area (Å²) in [6, 6.07) is 0.122. The van der Waals surface area contributed by atoms with Gasteiger partial charge in [0.15, 0.2) is 0 Å². The molecule has 28 heavy (non-hydrogen) atoms. The van der Waals surface area contributed by atoms with Gasteiger partial charge in [-0.1, -0.05) is 6.42 Å². The van der Waals surface area contributed by atoms with Crippen molar-refractivity contribution >= 4 is 11.7 Å². The van der Waals surface area contributed by atoms with Crippen LogP contribution >= 0.6 is 0 Å². The number of rotatable bonds is 5. The summed E-state index contributed by atoms with van der Waals surface area (Å²) in [5, 5.41) is 11.0. The predicted molar refractivity (Wildman–Crippen MR) is 108 cm³/mol. The summed E-state index contributed by atoms with van der Waals surface area (Å²) in [5.74, 6) is 1.45. The predicted octanol–water partition coefficient (Wildman–Crippen LogP) is 2.75. The van der Waals surface area contributed by atoms with Crippen molar-refractivity contribution in [1.29, 1.82) is 0 Å². The number of anilines is 1. The molecule has 0 saturated carbocycles. The molecule has 0 radical (unpaired) electrons. The Morgan fingerprint density at radius 3 is 2.96 bits per heavy atom. The van der Waals surface area contributed by atoms with Crippen LogP contribution in [0.25, 0.3) is 0 Å². The number of nitrogens with zero attached hydrogens (tertiary/aromatic N) is 4. The third kappa shape index (κ3) is 4.03. The van der Waals surface area contributed by atoms with Crippen LogP contribution in [0.2, 0.25) is 0 Å². The number of nitrogens with one attached hydrogen (secondary N) is 2. The molecule has 2 aromatic heterocycles. The van der Waals surface area contributed by atoms with Crippen LogP contribution in [0.3, 0.4) is 0 Å². The zero-order valence-corrected chi connectivity index (χ0v) is 16.9. The molecule has 1 atom stereocenters. The van der Waals surface area contributed by atoms with Crippen LogP contribution < -0.4 is 10.6 Å². The first kappa shape index (κ1) is 18.9. The normalized spacial score (nSPS) is 18.9. The molecule has 0 saturated heterocycles. The molecule has 7 heteroatoms. The molecule has 2 aromatic rings. The van der Waals surface area contributed by atoms with Gasteiger partial charge in [-0.15, -0.1) is 0 Å². The summed E-state index contributed by atoms with van der Waals surface area (Å²) in [6.07, 6.45) is 11.1. The van der Waals surface area contributed by atoms with E-state index in [4.69, 9.17) is 0 Å². The van der Waals surface area contributed by atoms with Crippen molar-refractivity contribution in [3.05, 3.63) is 35.0 Å². The van der Waals surface area contributed by atoms with Crippen molar-refractivity contribution in [2.75, 3.05) is 11.9 Å². The molecule has 4 rings (SSSR count). The molecule has 7 nitrogen and oxygen atoms in total. The van der Waals surface area contributed by atoms with Gasteiger partial charge < -0.3 is 10.6 Å². The number of aryl methyl sites for hydroxylation is 2. The van der Waals surface area contributed by atoms with Crippen molar-refractivity contribution < 1.29 is 4.79 Å². The Bertz CT molecular complexity index is 843. The largest absolute Gasteiger partial charge is 0.369 e. The lowest BCUT2D eigenvalue weighted by atomic mass is 9.94. The highest BCUT2D eigenvalue weighted by molar-refractivity contribution is 5.95. The van der Waals surface area contributed by atoms with Crippen molar-refractivity contribution in [3.63, 3.8) is 0 Å².